The van der Waals surface area contributed by atoms with Crippen molar-refractivity contribution >= 4 is 6.09 Å². The van der Waals surface area contributed by atoms with E-state index in [4.69, 9.17) is 9.47 Å². The Labute approximate surface area is 131 Å². The molecule has 1 saturated heterocycles. The fraction of sp³-hybridized carbons (Fsp3) is 0.588. The number of benzene rings is 1. The first kappa shape index (κ1) is 16.8. The van der Waals surface area contributed by atoms with Crippen LogP contribution in [0.3, 0.4) is 0 Å². The minimum atomic E-state index is -0.824. The van der Waals surface area contributed by atoms with Crippen molar-refractivity contribution in [3.8, 4) is 0 Å². The number of carbonyl (C=O) groups is 1. The molecule has 1 N–H and O–H groups in total. The van der Waals surface area contributed by atoms with Crippen molar-refractivity contribution in [2.75, 3.05) is 6.61 Å². The van der Waals surface area contributed by atoms with Gasteiger partial charge in [0.2, 0.25) is 0 Å². The molecule has 122 valence electrons. The third-order valence-electron chi connectivity index (χ3n) is 3.61. The molecule has 1 aromatic carbocycles. The Kier molecular flexibility index (Phi) is 4.49. The number of aliphatic hydroxyl groups excluding tert-OH is 1. The maximum absolute atomic E-state index is 12.5. The van der Waals surface area contributed by atoms with Crippen molar-refractivity contribution in [3.63, 3.8) is 0 Å². The van der Waals surface area contributed by atoms with Gasteiger partial charge in [-0.05, 0) is 40.2 Å². The average Bonchev–Trinajstić information content (AvgIpc) is 2.72. The first-order valence-corrected chi connectivity index (χ1v) is 7.51. The number of rotatable bonds is 2. The second-order valence-electron chi connectivity index (χ2n) is 7.03. The molecule has 1 aliphatic heterocycles. The quantitative estimate of drug-likeness (QED) is 0.911. The molecule has 0 radical (unpaired) electrons. The molecule has 0 aromatic heterocycles. The molecule has 0 bridgehead atoms. The summed E-state index contributed by atoms with van der Waals surface area (Å²) in [5.74, 6) is 0. The maximum Gasteiger partial charge on any atom is 0.413 e. The third-order valence-corrected chi connectivity index (χ3v) is 3.61. The summed E-state index contributed by atoms with van der Waals surface area (Å²) in [5.41, 5.74) is -0.664. The second kappa shape index (κ2) is 5.89. The topological polar surface area (TPSA) is 59.0 Å². The molecule has 1 heterocycles. The van der Waals surface area contributed by atoms with E-state index in [1.165, 1.54) is 4.90 Å². The molecule has 0 spiro atoms. The van der Waals surface area contributed by atoms with Crippen molar-refractivity contribution in [3.05, 3.63) is 35.9 Å². The van der Waals surface area contributed by atoms with Crippen molar-refractivity contribution in [2.45, 2.75) is 58.1 Å². The molecule has 2 rings (SSSR count). The monoisotopic (exact) mass is 313 g/mol. The molecule has 2 atom stereocenters. The highest BCUT2D eigenvalue weighted by Crippen LogP contribution is 2.35. The van der Waals surface area contributed by atoms with Crippen LogP contribution in [0.15, 0.2) is 30.3 Å². The van der Waals surface area contributed by atoms with Gasteiger partial charge in [-0.3, -0.25) is 4.90 Å². The van der Waals surface area contributed by atoms with Gasteiger partial charge in [0.15, 0.2) is 0 Å². The van der Waals surface area contributed by atoms with Crippen LogP contribution in [0.2, 0.25) is 0 Å². The molecule has 0 saturated carbocycles. The fourth-order valence-corrected chi connectivity index (χ4v) is 2.60. The van der Waals surface area contributed by atoms with E-state index in [1.54, 1.807) is 13.8 Å². The van der Waals surface area contributed by atoms with Crippen LogP contribution in [0, 0.1) is 0 Å². The minimum Gasteiger partial charge on any atom is -0.444 e. The fourth-order valence-electron chi connectivity index (χ4n) is 2.60. The first-order chi connectivity index (χ1) is 10.1. The summed E-state index contributed by atoms with van der Waals surface area (Å²) in [4.78, 5) is 14.0. The zero-order valence-corrected chi connectivity index (χ0v) is 13.9. The number of nitrogens with zero attached hydrogens (tertiary/aromatic N) is 1. The Morgan fingerprint density at radius 1 is 1.36 bits per heavy atom. The van der Waals surface area contributed by atoms with Gasteiger partial charge in [0.25, 0.3) is 0 Å². The smallest absolute Gasteiger partial charge is 0.413 e. The molecule has 22 heavy (non-hydrogen) atoms. The van der Waals surface area contributed by atoms with Gasteiger partial charge in [0.05, 0.1) is 12.6 Å². The SMILES string of the molecule is CC(C)(C)OC(=O)N1[C@H]([C@@H](O)[13c]2[13cH][13cH][13cH][13cH][13cH]2)COC1(C)C. The summed E-state index contributed by atoms with van der Waals surface area (Å²) in [6.07, 6.45) is -1.30. The molecule has 1 aromatic rings. The molecular weight excluding hydrogens is 288 g/mol. The predicted molar refractivity (Wildman–Crippen MR) is 83.3 cm³/mol. The third kappa shape index (κ3) is 3.59. The molecule has 1 fully saturated rings. The van der Waals surface area contributed by atoms with Crippen LogP contribution < -0.4 is 0 Å². The Bertz CT molecular complexity index is 521. The van der Waals surface area contributed by atoms with Gasteiger partial charge in [-0.1, -0.05) is 30.3 Å². The normalized spacial score (nSPS) is 22.5. The van der Waals surface area contributed by atoms with E-state index in [9.17, 15) is 9.90 Å². The van der Waals surface area contributed by atoms with E-state index in [0.717, 1.165) is 5.56 Å². The van der Waals surface area contributed by atoms with E-state index < -0.39 is 29.6 Å². The van der Waals surface area contributed by atoms with Gasteiger partial charge in [0.1, 0.15) is 17.4 Å². The Morgan fingerprint density at radius 2 is 1.95 bits per heavy atom. The Balaban J connectivity index is 2.25. The van der Waals surface area contributed by atoms with E-state index in [0.29, 0.717) is 0 Å². The minimum absolute atomic E-state index is 0.266. The van der Waals surface area contributed by atoms with E-state index in [1.807, 2.05) is 51.1 Å². The predicted octanol–water partition coefficient (Wildman–Crippen LogP) is 3.09. The van der Waals surface area contributed by atoms with Crippen LogP contribution >= 0.6 is 0 Å². The lowest BCUT2D eigenvalue weighted by Gasteiger charge is -2.36. The lowest BCUT2D eigenvalue weighted by molar-refractivity contribution is -0.0679. The van der Waals surface area contributed by atoms with E-state index in [-0.39, 0.29) is 6.61 Å². The maximum atomic E-state index is 12.5. The van der Waals surface area contributed by atoms with Gasteiger partial charge < -0.3 is 14.6 Å². The van der Waals surface area contributed by atoms with Gasteiger partial charge >= 0.3 is 6.09 Å². The van der Waals surface area contributed by atoms with Crippen LogP contribution in [0.5, 0.6) is 0 Å². The zero-order valence-electron chi connectivity index (χ0n) is 13.9. The first-order valence-electron chi connectivity index (χ1n) is 7.51. The van der Waals surface area contributed by atoms with Crippen molar-refractivity contribution in [1.82, 2.24) is 4.90 Å². The zero-order chi connectivity index (χ0) is 16.5. The van der Waals surface area contributed by atoms with Gasteiger partial charge in [-0.2, -0.15) is 0 Å². The highest BCUT2D eigenvalue weighted by Gasteiger charge is 2.48. The molecule has 0 aliphatic carbocycles. The second-order valence-corrected chi connectivity index (χ2v) is 7.03. The highest BCUT2D eigenvalue weighted by atomic mass is 16.6. The van der Waals surface area contributed by atoms with Gasteiger partial charge in [0, 0.05) is 0 Å². The van der Waals surface area contributed by atoms with Crippen LogP contribution in [0.25, 0.3) is 0 Å². The van der Waals surface area contributed by atoms with Crippen molar-refractivity contribution in [2.24, 2.45) is 0 Å². The van der Waals surface area contributed by atoms with Crippen LogP contribution in [-0.4, -0.2) is 40.1 Å². The summed E-state index contributed by atoms with van der Waals surface area (Å²) in [6, 6.07) is 8.80. The lowest BCUT2D eigenvalue weighted by atomic mass is 10.1. The number of hydrogen-bond donors (Lipinski definition) is 1. The number of hydrogen-bond acceptors (Lipinski definition) is 4. The van der Waals surface area contributed by atoms with E-state index >= 15 is 0 Å². The molecule has 5 heteroatoms. The number of amides is 1. The average molecular weight is 313 g/mol. The van der Waals surface area contributed by atoms with Gasteiger partial charge in [-0.15, -0.1) is 0 Å². The molecule has 1 amide bonds. The van der Waals surface area contributed by atoms with Crippen LogP contribution in [0.4, 0.5) is 4.79 Å². The Morgan fingerprint density at radius 3 is 2.50 bits per heavy atom. The van der Waals surface area contributed by atoms with Crippen LogP contribution in [0.1, 0.15) is 46.3 Å². The largest absolute Gasteiger partial charge is 0.444 e. The standard InChI is InChI=1S/C17H25NO4/c1-16(2,3)22-15(20)18-13(11-21-17(18,4)5)14(19)12-9-7-6-8-10-12/h6-10,13-14,19H,11H2,1-5H3/t13-,14-/m0/s1/i6+1,7+1,8+1,9+1,10+1,12+1. The van der Waals surface area contributed by atoms with E-state index in [2.05, 4.69) is 0 Å². The number of aliphatic hydroxyl groups is 1. The Hall–Kier alpha value is -1.59. The van der Waals surface area contributed by atoms with Crippen LogP contribution in [-0.2, 0) is 9.47 Å². The summed E-state index contributed by atoms with van der Waals surface area (Å²) in [6.45, 7) is 9.32. The number of ether oxygens (including phenoxy) is 2. The molecular formula is C17H25NO4. The lowest BCUT2D eigenvalue weighted by Crippen LogP contribution is -2.51. The molecule has 5 nitrogen and oxygen atoms in total. The summed E-state index contributed by atoms with van der Waals surface area (Å²) >= 11 is 0. The molecule has 0 unspecified atom stereocenters. The van der Waals surface area contributed by atoms with Crippen molar-refractivity contribution in [1.29, 1.82) is 0 Å². The summed E-state index contributed by atoms with van der Waals surface area (Å²) in [5, 5.41) is 10.6. The summed E-state index contributed by atoms with van der Waals surface area (Å²) in [7, 11) is 0. The van der Waals surface area contributed by atoms with Crippen molar-refractivity contribution < 1.29 is 19.4 Å². The molecule has 1 aliphatic rings. The number of carbonyl (C=O) groups excluding carboxylic acids is 1. The summed E-state index contributed by atoms with van der Waals surface area (Å²) < 4.78 is 11.2. The van der Waals surface area contributed by atoms with Gasteiger partial charge in [-0.25, -0.2) is 4.79 Å². The highest BCUT2D eigenvalue weighted by molar-refractivity contribution is 5.70.